The molecule has 0 unspecified atom stereocenters. The van der Waals surface area contributed by atoms with Gasteiger partial charge >= 0.3 is 0 Å². The lowest BCUT2D eigenvalue weighted by Gasteiger charge is -2.03. The van der Waals surface area contributed by atoms with Crippen molar-refractivity contribution in [2.75, 3.05) is 5.32 Å². The number of nitrogens with one attached hydrogen (secondary N) is 1. The lowest BCUT2D eigenvalue weighted by molar-refractivity contribution is -0.111. The second kappa shape index (κ2) is 7.71. The Hall–Kier alpha value is -3.37. The summed E-state index contributed by atoms with van der Waals surface area (Å²) in [6, 6.07) is 20.6. The molecule has 0 aliphatic rings. The smallest absolute Gasteiger partial charge is 0.248 e. The average molecular weight is 389 g/mol. The molecule has 138 valence electrons. The van der Waals surface area contributed by atoms with Crippen LogP contribution >= 0.6 is 11.6 Å². The molecule has 4 rings (SSSR count). The van der Waals surface area contributed by atoms with Gasteiger partial charge in [-0.2, -0.15) is 0 Å². The van der Waals surface area contributed by atoms with Crippen LogP contribution in [0.1, 0.15) is 11.1 Å². The molecule has 5 heteroatoms. The molecule has 28 heavy (non-hydrogen) atoms. The van der Waals surface area contributed by atoms with E-state index in [9.17, 15) is 4.79 Å². The zero-order chi connectivity index (χ0) is 19.5. The van der Waals surface area contributed by atoms with Crippen LogP contribution in [0.25, 0.3) is 28.6 Å². The highest BCUT2D eigenvalue weighted by atomic mass is 35.5. The minimum absolute atomic E-state index is 0.208. The molecule has 0 bridgehead atoms. The van der Waals surface area contributed by atoms with Gasteiger partial charge < -0.3 is 9.73 Å². The van der Waals surface area contributed by atoms with Crippen LogP contribution in [-0.4, -0.2) is 10.9 Å². The van der Waals surface area contributed by atoms with Crippen LogP contribution in [-0.2, 0) is 4.79 Å². The third kappa shape index (κ3) is 4.13. The molecule has 0 spiro atoms. The van der Waals surface area contributed by atoms with Gasteiger partial charge in [-0.25, -0.2) is 4.98 Å². The molecule has 3 aromatic carbocycles. The molecule has 4 nitrogen and oxygen atoms in total. The molecule has 0 atom stereocenters. The number of aromatic nitrogens is 1. The van der Waals surface area contributed by atoms with Crippen molar-refractivity contribution in [3.63, 3.8) is 0 Å². The molecule has 0 aliphatic heterocycles. The van der Waals surface area contributed by atoms with Gasteiger partial charge in [0.05, 0.1) is 0 Å². The third-order valence-electron chi connectivity index (χ3n) is 4.24. The predicted octanol–water partition coefficient (Wildman–Crippen LogP) is 6.11. The SMILES string of the molecule is Cc1ccc2oc(-c3ccc(NC(=O)C=Cc4ccc(Cl)cc4)cc3)nc2c1. The van der Waals surface area contributed by atoms with Crippen molar-refractivity contribution >= 4 is 40.4 Å². The summed E-state index contributed by atoms with van der Waals surface area (Å²) in [6.07, 6.45) is 3.22. The van der Waals surface area contributed by atoms with Gasteiger partial charge in [-0.3, -0.25) is 4.79 Å². The molecular formula is C23H17ClN2O2. The number of benzene rings is 3. The molecule has 1 N–H and O–H groups in total. The Bertz CT molecular complexity index is 1160. The summed E-state index contributed by atoms with van der Waals surface area (Å²) in [7, 11) is 0. The monoisotopic (exact) mass is 388 g/mol. The Kier molecular flexibility index (Phi) is 4.96. The number of nitrogens with zero attached hydrogens (tertiary/aromatic N) is 1. The fraction of sp³-hybridized carbons (Fsp3) is 0.0435. The topological polar surface area (TPSA) is 55.1 Å². The summed E-state index contributed by atoms with van der Waals surface area (Å²) in [5, 5.41) is 3.50. The van der Waals surface area contributed by atoms with Crippen LogP contribution < -0.4 is 5.32 Å². The number of carbonyl (C=O) groups is 1. The van der Waals surface area contributed by atoms with Crippen molar-refractivity contribution in [2.45, 2.75) is 6.92 Å². The lowest BCUT2D eigenvalue weighted by atomic mass is 10.2. The van der Waals surface area contributed by atoms with Gasteiger partial charge in [0.1, 0.15) is 5.52 Å². The van der Waals surface area contributed by atoms with Gasteiger partial charge in [0.2, 0.25) is 11.8 Å². The van der Waals surface area contributed by atoms with Gasteiger partial charge in [0.25, 0.3) is 0 Å². The quantitative estimate of drug-likeness (QED) is 0.429. The van der Waals surface area contributed by atoms with Crippen LogP contribution in [0.4, 0.5) is 5.69 Å². The Morgan fingerprint density at radius 2 is 1.79 bits per heavy atom. The molecule has 0 saturated heterocycles. The zero-order valence-corrected chi connectivity index (χ0v) is 15.9. The van der Waals surface area contributed by atoms with Crippen molar-refractivity contribution < 1.29 is 9.21 Å². The van der Waals surface area contributed by atoms with E-state index in [0.717, 1.165) is 27.8 Å². The largest absolute Gasteiger partial charge is 0.436 e. The molecule has 0 saturated carbocycles. The predicted molar refractivity (Wildman–Crippen MR) is 113 cm³/mol. The number of amides is 1. The molecule has 0 fully saturated rings. The van der Waals surface area contributed by atoms with Crippen molar-refractivity contribution in [1.82, 2.24) is 4.98 Å². The van der Waals surface area contributed by atoms with E-state index in [0.29, 0.717) is 16.6 Å². The number of carbonyl (C=O) groups excluding carboxylic acids is 1. The number of fused-ring (bicyclic) bond motifs is 1. The fourth-order valence-corrected chi connectivity index (χ4v) is 2.91. The van der Waals surface area contributed by atoms with E-state index in [-0.39, 0.29) is 5.91 Å². The van der Waals surface area contributed by atoms with Crippen LogP contribution in [0.3, 0.4) is 0 Å². The van der Waals surface area contributed by atoms with E-state index in [1.165, 1.54) is 6.08 Å². The summed E-state index contributed by atoms with van der Waals surface area (Å²) in [6.45, 7) is 2.02. The van der Waals surface area contributed by atoms with Gasteiger partial charge in [0.15, 0.2) is 5.58 Å². The number of hydrogen-bond donors (Lipinski definition) is 1. The zero-order valence-electron chi connectivity index (χ0n) is 15.1. The van der Waals surface area contributed by atoms with Crippen molar-refractivity contribution in [3.8, 4) is 11.5 Å². The summed E-state index contributed by atoms with van der Waals surface area (Å²) < 4.78 is 5.81. The number of rotatable bonds is 4. The van der Waals surface area contributed by atoms with E-state index < -0.39 is 0 Å². The summed E-state index contributed by atoms with van der Waals surface area (Å²) >= 11 is 5.85. The first-order chi connectivity index (χ1) is 13.6. The average Bonchev–Trinajstić information content (AvgIpc) is 3.11. The Morgan fingerprint density at radius 1 is 1.04 bits per heavy atom. The van der Waals surface area contributed by atoms with Crippen LogP contribution in [0.15, 0.2) is 77.2 Å². The number of oxazole rings is 1. The third-order valence-corrected chi connectivity index (χ3v) is 4.49. The first-order valence-electron chi connectivity index (χ1n) is 8.79. The molecule has 1 aromatic heterocycles. The summed E-state index contributed by atoms with van der Waals surface area (Å²) in [5.41, 5.74) is 5.17. The summed E-state index contributed by atoms with van der Waals surface area (Å²) in [5.74, 6) is 0.348. The molecular weight excluding hydrogens is 372 g/mol. The fourth-order valence-electron chi connectivity index (χ4n) is 2.79. The standard InChI is InChI=1S/C23H17ClN2O2/c1-15-2-12-21-20(14-15)26-23(28-21)17-6-10-19(11-7-17)25-22(27)13-5-16-3-8-18(24)9-4-16/h2-14H,1H3,(H,25,27). The van der Waals surface area contributed by atoms with E-state index in [1.54, 1.807) is 18.2 Å². The van der Waals surface area contributed by atoms with Crippen LogP contribution in [0, 0.1) is 6.92 Å². The summed E-state index contributed by atoms with van der Waals surface area (Å²) in [4.78, 5) is 16.6. The molecule has 0 radical (unpaired) electrons. The number of anilines is 1. The van der Waals surface area contributed by atoms with Crippen molar-refractivity contribution in [2.24, 2.45) is 0 Å². The van der Waals surface area contributed by atoms with Crippen molar-refractivity contribution in [1.29, 1.82) is 0 Å². The minimum Gasteiger partial charge on any atom is -0.436 e. The van der Waals surface area contributed by atoms with Gasteiger partial charge in [0, 0.05) is 22.3 Å². The Balaban J connectivity index is 1.45. The van der Waals surface area contributed by atoms with Gasteiger partial charge in [-0.15, -0.1) is 0 Å². The molecule has 1 amide bonds. The number of halogens is 1. The first-order valence-corrected chi connectivity index (χ1v) is 9.17. The highest BCUT2D eigenvalue weighted by Crippen LogP contribution is 2.26. The maximum Gasteiger partial charge on any atom is 0.248 e. The van der Waals surface area contributed by atoms with E-state index in [1.807, 2.05) is 61.5 Å². The highest BCUT2D eigenvalue weighted by molar-refractivity contribution is 6.30. The highest BCUT2D eigenvalue weighted by Gasteiger charge is 2.08. The molecule has 4 aromatic rings. The normalized spacial score (nSPS) is 11.2. The van der Waals surface area contributed by atoms with E-state index >= 15 is 0 Å². The lowest BCUT2D eigenvalue weighted by Crippen LogP contribution is -2.07. The maximum absolute atomic E-state index is 12.1. The van der Waals surface area contributed by atoms with Gasteiger partial charge in [-0.05, 0) is 72.7 Å². The van der Waals surface area contributed by atoms with Gasteiger partial charge in [-0.1, -0.05) is 29.8 Å². The minimum atomic E-state index is -0.208. The molecule has 1 heterocycles. The maximum atomic E-state index is 12.1. The van der Waals surface area contributed by atoms with Crippen LogP contribution in [0.5, 0.6) is 0 Å². The second-order valence-electron chi connectivity index (χ2n) is 6.44. The van der Waals surface area contributed by atoms with Crippen LogP contribution in [0.2, 0.25) is 5.02 Å². The Morgan fingerprint density at radius 3 is 2.54 bits per heavy atom. The first kappa shape index (κ1) is 18.0. The van der Waals surface area contributed by atoms with E-state index in [4.69, 9.17) is 16.0 Å². The second-order valence-corrected chi connectivity index (χ2v) is 6.88. The number of aryl methyl sites for hydroxylation is 1. The van der Waals surface area contributed by atoms with E-state index in [2.05, 4.69) is 10.3 Å². The number of hydrogen-bond acceptors (Lipinski definition) is 3. The molecule has 0 aliphatic carbocycles. The van der Waals surface area contributed by atoms with Crippen molar-refractivity contribution in [3.05, 3.63) is 89.0 Å². The Labute approximate surface area is 167 Å².